The lowest BCUT2D eigenvalue weighted by atomic mass is 10.2. The molecule has 1 rings (SSSR count). The number of nitrogens with zero attached hydrogens (tertiary/aromatic N) is 2. The van der Waals surface area contributed by atoms with E-state index in [1.54, 1.807) is 5.12 Å². The molecule has 0 radical (unpaired) electrons. The standard InChI is InChI=1S/C8H18N4/c1-5(2)11-6(3)8(9)7(4)12(11)10/h5,7H,9-10H2,1-4H3. The highest BCUT2D eigenvalue weighted by Gasteiger charge is 2.31. The van der Waals surface area contributed by atoms with E-state index in [1.165, 1.54) is 0 Å². The maximum atomic E-state index is 5.86. The minimum atomic E-state index is 0.118. The first-order valence-corrected chi connectivity index (χ1v) is 4.26. The fraction of sp³-hybridized carbons (Fsp3) is 0.750. The lowest BCUT2D eigenvalue weighted by molar-refractivity contribution is -0.0161. The summed E-state index contributed by atoms with van der Waals surface area (Å²) in [5.74, 6) is 5.84. The van der Waals surface area contributed by atoms with E-state index in [0.717, 1.165) is 11.4 Å². The van der Waals surface area contributed by atoms with Crippen LogP contribution in [0.1, 0.15) is 27.7 Å². The SMILES string of the molecule is CC1=C(N)C(C)N(N)N1C(C)C. The third-order valence-corrected chi connectivity index (χ3v) is 2.35. The lowest BCUT2D eigenvalue weighted by Gasteiger charge is -2.32. The van der Waals surface area contributed by atoms with Crippen molar-refractivity contribution in [2.45, 2.75) is 39.8 Å². The minimum Gasteiger partial charge on any atom is -0.399 e. The summed E-state index contributed by atoms with van der Waals surface area (Å²) in [4.78, 5) is 0. The maximum absolute atomic E-state index is 5.86. The van der Waals surface area contributed by atoms with E-state index in [9.17, 15) is 0 Å². The van der Waals surface area contributed by atoms with Gasteiger partial charge in [-0.15, -0.1) is 0 Å². The Bertz CT molecular complexity index is 209. The molecular formula is C8H18N4. The van der Waals surface area contributed by atoms with Crippen molar-refractivity contribution in [1.29, 1.82) is 0 Å². The molecule has 0 aromatic rings. The summed E-state index contributed by atoms with van der Waals surface area (Å²) in [5, 5.41) is 3.70. The molecule has 12 heavy (non-hydrogen) atoms. The maximum Gasteiger partial charge on any atom is 0.0832 e. The van der Waals surface area contributed by atoms with Gasteiger partial charge in [0.05, 0.1) is 6.04 Å². The Morgan fingerprint density at radius 2 is 1.92 bits per heavy atom. The molecule has 0 aliphatic carbocycles. The Morgan fingerprint density at radius 3 is 2.08 bits per heavy atom. The average molecular weight is 170 g/mol. The van der Waals surface area contributed by atoms with Crippen molar-refractivity contribution in [2.24, 2.45) is 11.6 Å². The molecule has 0 amide bonds. The van der Waals surface area contributed by atoms with Crippen LogP contribution in [0.25, 0.3) is 0 Å². The van der Waals surface area contributed by atoms with Gasteiger partial charge in [0.25, 0.3) is 0 Å². The number of rotatable bonds is 1. The van der Waals surface area contributed by atoms with Crippen molar-refractivity contribution in [3.05, 3.63) is 11.4 Å². The van der Waals surface area contributed by atoms with Crippen molar-refractivity contribution < 1.29 is 0 Å². The molecule has 0 fully saturated rings. The second-order valence-corrected chi connectivity index (χ2v) is 3.54. The number of nitrogens with two attached hydrogens (primary N) is 2. The summed E-state index contributed by atoms with van der Waals surface area (Å²) >= 11 is 0. The Labute approximate surface area is 73.7 Å². The Hall–Kier alpha value is -0.740. The molecule has 70 valence electrons. The lowest BCUT2D eigenvalue weighted by Crippen LogP contribution is -2.49. The molecule has 0 aromatic heterocycles. The zero-order chi connectivity index (χ0) is 9.46. The first kappa shape index (κ1) is 9.35. The van der Waals surface area contributed by atoms with Gasteiger partial charge in [-0.05, 0) is 27.7 Å². The van der Waals surface area contributed by atoms with E-state index in [2.05, 4.69) is 13.8 Å². The third-order valence-electron chi connectivity index (χ3n) is 2.35. The predicted octanol–water partition coefficient (Wildman–Crippen LogP) is 0.380. The molecule has 1 unspecified atom stereocenters. The largest absolute Gasteiger partial charge is 0.399 e. The first-order valence-electron chi connectivity index (χ1n) is 4.26. The van der Waals surface area contributed by atoms with Crippen molar-refractivity contribution in [2.75, 3.05) is 0 Å². The van der Waals surface area contributed by atoms with Gasteiger partial charge < -0.3 is 5.73 Å². The number of hydrazine groups is 2. The Kier molecular flexibility index (Phi) is 2.30. The highest BCUT2D eigenvalue weighted by molar-refractivity contribution is 5.18. The van der Waals surface area contributed by atoms with Gasteiger partial charge in [-0.1, -0.05) is 0 Å². The zero-order valence-corrected chi connectivity index (χ0v) is 8.20. The van der Waals surface area contributed by atoms with E-state index in [4.69, 9.17) is 11.6 Å². The molecular weight excluding hydrogens is 152 g/mol. The van der Waals surface area contributed by atoms with Gasteiger partial charge in [-0.2, -0.15) is 5.12 Å². The Morgan fingerprint density at radius 1 is 1.42 bits per heavy atom. The van der Waals surface area contributed by atoms with Crippen LogP contribution in [0.4, 0.5) is 0 Å². The van der Waals surface area contributed by atoms with Crippen molar-refractivity contribution in [3.8, 4) is 0 Å². The molecule has 4 nitrogen and oxygen atoms in total. The van der Waals surface area contributed by atoms with Crippen LogP contribution in [0, 0.1) is 0 Å². The van der Waals surface area contributed by atoms with Gasteiger partial charge in [0.1, 0.15) is 0 Å². The van der Waals surface area contributed by atoms with Crippen molar-refractivity contribution in [3.63, 3.8) is 0 Å². The minimum absolute atomic E-state index is 0.118. The fourth-order valence-corrected chi connectivity index (χ4v) is 1.59. The molecule has 0 aromatic carbocycles. The van der Waals surface area contributed by atoms with E-state index >= 15 is 0 Å². The smallest absolute Gasteiger partial charge is 0.0832 e. The van der Waals surface area contributed by atoms with E-state index in [-0.39, 0.29) is 6.04 Å². The van der Waals surface area contributed by atoms with Crippen LogP contribution in [0.3, 0.4) is 0 Å². The van der Waals surface area contributed by atoms with Crippen LogP contribution in [-0.2, 0) is 0 Å². The topological polar surface area (TPSA) is 58.5 Å². The molecule has 1 heterocycles. The molecule has 0 spiro atoms. The quantitative estimate of drug-likeness (QED) is 0.559. The molecule has 4 heteroatoms. The van der Waals surface area contributed by atoms with E-state index in [1.807, 2.05) is 18.9 Å². The summed E-state index contributed by atoms with van der Waals surface area (Å²) < 4.78 is 0. The van der Waals surface area contributed by atoms with Crippen molar-refractivity contribution >= 4 is 0 Å². The number of allylic oxidation sites excluding steroid dienone is 1. The third kappa shape index (κ3) is 1.17. The van der Waals surface area contributed by atoms with Crippen LogP contribution in [0.15, 0.2) is 11.4 Å². The van der Waals surface area contributed by atoms with Gasteiger partial charge in [0, 0.05) is 17.4 Å². The van der Waals surface area contributed by atoms with Gasteiger partial charge in [-0.25, -0.2) is 5.84 Å². The Balaban J connectivity index is 2.91. The molecule has 1 atom stereocenters. The fourth-order valence-electron chi connectivity index (χ4n) is 1.59. The summed E-state index contributed by atoms with van der Waals surface area (Å²) in [6.07, 6.45) is 0. The van der Waals surface area contributed by atoms with Crippen LogP contribution >= 0.6 is 0 Å². The molecule has 4 N–H and O–H groups in total. The summed E-state index contributed by atoms with van der Waals surface area (Å²) in [5.41, 5.74) is 7.79. The molecule has 0 saturated heterocycles. The zero-order valence-electron chi connectivity index (χ0n) is 8.20. The molecule has 0 saturated carbocycles. The molecule has 1 aliphatic heterocycles. The molecule has 1 aliphatic rings. The number of hydrogen-bond donors (Lipinski definition) is 2. The van der Waals surface area contributed by atoms with Crippen LogP contribution in [-0.4, -0.2) is 22.2 Å². The molecule has 0 bridgehead atoms. The van der Waals surface area contributed by atoms with E-state index < -0.39 is 0 Å². The van der Waals surface area contributed by atoms with Gasteiger partial charge in [0.2, 0.25) is 0 Å². The van der Waals surface area contributed by atoms with Crippen molar-refractivity contribution in [1.82, 2.24) is 10.1 Å². The summed E-state index contributed by atoms with van der Waals surface area (Å²) in [6, 6.07) is 0.478. The normalized spacial score (nSPS) is 26.2. The van der Waals surface area contributed by atoms with E-state index in [0.29, 0.717) is 6.04 Å². The highest BCUT2D eigenvalue weighted by Crippen LogP contribution is 2.24. The van der Waals surface area contributed by atoms with Gasteiger partial charge in [-0.3, -0.25) is 5.01 Å². The second-order valence-electron chi connectivity index (χ2n) is 3.54. The average Bonchev–Trinajstić information content (AvgIpc) is 2.16. The van der Waals surface area contributed by atoms with Crippen LogP contribution < -0.4 is 11.6 Å². The number of hydrogen-bond acceptors (Lipinski definition) is 4. The predicted molar refractivity (Wildman–Crippen MR) is 49.4 cm³/mol. The monoisotopic (exact) mass is 170 g/mol. The summed E-state index contributed by atoms with van der Waals surface area (Å²) in [6.45, 7) is 8.18. The van der Waals surface area contributed by atoms with Crippen LogP contribution in [0.2, 0.25) is 0 Å². The first-order chi connectivity index (χ1) is 5.46. The van der Waals surface area contributed by atoms with Gasteiger partial charge >= 0.3 is 0 Å². The highest BCUT2D eigenvalue weighted by atomic mass is 15.8. The second kappa shape index (κ2) is 2.95. The summed E-state index contributed by atoms with van der Waals surface area (Å²) in [7, 11) is 0. The van der Waals surface area contributed by atoms with Gasteiger partial charge in [0.15, 0.2) is 0 Å². The van der Waals surface area contributed by atoms with Crippen LogP contribution in [0.5, 0.6) is 0 Å².